The van der Waals surface area contributed by atoms with Crippen molar-refractivity contribution in [3.63, 3.8) is 0 Å². The van der Waals surface area contributed by atoms with Gasteiger partial charge in [0.2, 0.25) is 0 Å². The minimum absolute atomic E-state index is 0.741. The molecule has 1 aliphatic rings. The average molecular weight is 173 g/mol. The van der Waals surface area contributed by atoms with E-state index in [1.807, 2.05) is 0 Å². The van der Waals surface area contributed by atoms with Gasteiger partial charge in [0.15, 0.2) is 0 Å². The van der Waals surface area contributed by atoms with Crippen molar-refractivity contribution in [3.8, 4) is 0 Å². The van der Waals surface area contributed by atoms with Crippen molar-refractivity contribution >= 4 is 11.8 Å². The first-order valence-electron chi connectivity index (χ1n) is 4.50. The highest BCUT2D eigenvalue weighted by Crippen LogP contribution is 2.28. The Kier molecular flexibility index (Phi) is 3.73. The predicted molar refractivity (Wildman–Crippen MR) is 53.1 cm³/mol. The fourth-order valence-corrected chi connectivity index (χ4v) is 3.26. The Balaban J connectivity index is 2.40. The molecule has 0 aromatic carbocycles. The predicted octanol–water partition coefficient (Wildman–Crippen LogP) is 1.98. The molecule has 1 nitrogen and oxygen atoms in total. The molecule has 0 bridgehead atoms. The van der Waals surface area contributed by atoms with Crippen molar-refractivity contribution in [2.45, 2.75) is 26.3 Å². The van der Waals surface area contributed by atoms with Gasteiger partial charge < -0.3 is 5.32 Å². The zero-order valence-electron chi connectivity index (χ0n) is 7.76. The molecule has 0 aromatic heterocycles. The van der Waals surface area contributed by atoms with E-state index < -0.39 is 0 Å². The smallest absolute Gasteiger partial charge is 0.0123 e. The van der Waals surface area contributed by atoms with Gasteiger partial charge in [-0.2, -0.15) is 11.8 Å². The third-order valence-electron chi connectivity index (χ3n) is 2.52. The number of thioether (sulfide) groups is 1. The molecule has 0 aromatic rings. The van der Waals surface area contributed by atoms with Crippen LogP contribution >= 0.6 is 11.8 Å². The van der Waals surface area contributed by atoms with Gasteiger partial charge in [-0.1, -0.05) is 13.8 Å². The standard InChI is InChI=1S/C9H19NS/c1-7(2)9(10-3)8-4-5-11-6-8/h7-10H,4-6H2,1-3H3. The summed E-state index contributed by atoms with van der Waals surface area (Å²) < 4.78 is 0. The maximum atomic E-state index is 3.43. The van der Waals surface area contributed by atoms with E-state index >= 15 is 0 Å². The molecule has 2 unspecified atom stereocenters. The fraction of sp³-hybridized carbons (Fsp3) is 1.00. The van der Waals surface area contributed by atoms with Crippen molar-refractivity contribution in [1.29, 1.82) is 0 Å². The summed E-state index contributed by atoms with van der Waals surface area (Å²) in [4.78, 5) is 0. The van der Waals surface area contributed by atoms with E-state index in [9.17, 15) is 0 Å². The van der Waals surface area contributed by atoms with E-state index in [1.54, 1.807) is 0 Å². The van der Waals surface area contributed by atoms with E-state index in [0.29, 0.717) is 0 Å². The topological polar surface area (TPSA) is 12.0 Å². The molecular weight excluding hydrogens is 154 g/mol. The number of nitrogens with one attached hydrogen (secondary N) is 1. The summed E-state index contributed by atoms with van der Waals surface area (Å²) in [6.45, 7) is 4.62. The van der Waals surface area contributed by atoms with Crippen molar-refractivity contribution in [1.82, 2.24) is 5.32 Å². The molecule has 1 saturated heterocycles. The lowest BCUT2D eigenvalue weighted by Gasteiger charge is -2.25. The molecule has 1 N–H and O–H groups in total. The maximum absolute atomic E-state index is 3.43. The first kappa shape index (κ1) is 9.40. The summed E-state index contributed by atoms with van der Waals surface area (Å²) in [7, 11) is 2.09. The highest BCUT2D eigenvalue weighted by atomic mass is 32.2. The molecule has 1 aliphatic heterocycles. The highest BCUT2D eigenvalue weighted by molar-refractivity contribution is 7.99. The van der Waals surface area contributed by atoms with Crippen LogP contribution in [-0.4, -0.2) is 24.6 Å². The van der Waals surface area contributed by atoms with Gasteiger partial charge in [-0.05, 0) is 36.8 Å². The Labute approximate surface area is 74.3 Å². The zero-order chi connectivity index (χ0) is 8.27. The fourth-order valence-electron chi connectivity index (χ4n) is 1.95. The Hall–Kier alpha value is 0.310. The first-order chi connectivity index (χ1) is 5.25. The van der Waals surface area contributed by atoms with E-state index in [-0.39, 0.29) is 0 Å². The summed E-state index contributed by atoms with van der Waals surface area (Å²) in [5, 5.41) is 3.43. The van der Waals surface area contributed by atoms with Crippen LogP contribution < -0.4 is 5.32 Å². The lowest BCUT2D eigenvalue weighted by Crippen LogP contribution is -2.38. The minimum atomic E-state index is 0.741. The summed E-state index contributed by atoms with van der Waals surface area (Å²) in [5.74, 6) is 4.44. The largest absolute Gasteiger partial charge is 0.316 e. The van der Waals surface area contributed by atoms with Crippen LogP contribution in [0.15, 0.2) is 0 Å². The van der Waals surface area contributed by atoms with Crippen LogP contribution in [0, 0.1) is 11.8 Å². The molecule has 11 heavy (non-hydrogen) atoms. The van der Waals surface area contributed by atoms with Gasteiger partial charge in [-0.15, -0.1) is 0 Å². The summed E-state index contributed by atoms with van der Waals surface area (Å²) >= 11 is 2.10. The van der Waals surface area contributed by atoms with E-state index in [4.69, 9.17) is 0 Å². The van der Waals surface area contributed by atoms with Gasteiger partial charge in [0.05, 0.1) is 0 Å². The molecule has 1 heterocycles. The monoisotopic (exact) mass is 173 g/mol. The summed E-state index contributed by atoms with van der Waals surface area (Å²) in [5.41, 5.74) is 0. The molecule has 66 valence electrons. The summed E-state index contributed by atoms with van der Waals surface area (Å²) in [6.07, 6.45) is 1.41. The second kappa shape index (κ2) is 4.36. The Bertz CT molecular complexity index is 108. The van der Waals surface area contributed by atoms with E-state index in [0.717, 1.165) is 17.9 Å². The van der Waals surface area contributed by atoms with Gasteiger partial charge in [-0.25, -0.2) is 0 Å². The van der Waals surface area contributed by atoms with Crippen molar-refractivity contribution < 1.29 is 0 Å². The third-order valence-corrected chi connectivity index (χ3v) is 3.71. The van der Waals surface area contributed by atoms with Crippen LogP contribution in [0.1, 0.15) is 20.3 Å². The number of hydrogen-bond donors (Lipinski definition) is 1. The van der Waals surface area contributed by atoms with Gasteiger partial charge in [0, 0.05) is 6.04 Å². The van der Waals surface area contributed by atoms with Crippen LogP contribution in [0.4, 0.5) is 0 Å². The zero-order valence-corrected chi connectivity index (χ0v) is 8.58. The molecule has 1 fully saturated rings. The lowest BCUT2D eigenvalue weighted by atomic mass is 9.90. The second-order valence-corrected chi connectivity index (χ2v) is 4.83. The highest BCUT2D eigenvalue weighted by Gasteiger charge is 2.25. The average Bonchev–Trinajstić information content (AvgIpc) is 2.40. The van der Waals surface area contributed by atoms with Gasteiger partial charge in [-0.3, -0.25) is 0 Å². The number of rotatable bonds is 3. The minimum Gasteiger partial charge on any atom is -0.316 e. The molecule has 0 amide bonds. The Morgan fingerprint density at radius 1 is 1.45 bits per heavy atom. The van der Waals surface area contributed by atoms with Crippen molar-refractivity contribution in [2.24, 2.45) is 11.8 Å². The maximum Gasteiger partial charge on any atom is 0.0123 e. The molecule has 2 heteroatoms. The van der Waals surface area contributed by atoms with Crippen molar-refractivity contribution in [2.75, 3.05) is 18.6 Å². The normalized spacial score (nSPS) is 27.8. The van der Waals surface area contributed by atoms with Crippen LogP contribution in [-0.2, 0) is 0 Å². The van der Waals surface area contributed by atoms with Crippen LogP contribution in [0.25, 0.3) is 0 Å². The lowest BCUT2D eigenvalue weighted by molar-refractivity contribution is 0.321. The van der Waals surface area contributed by atoms with Gasteiger partial charge in [0.25, 0.3) is 0 Å². The van der Waals surface area contributed by atoms with E-state index in [1.165, 1.54) is 17.9 Å². The quantitative estimate of drug-likeness (QED) is 0.700. The molecule has 0 spiro atoms. The molecule has 1 rings (SSSR count). The first-order valence-corrected chi connectivity index (χ1v) is 5.66. The SMILES string of the molecule is CNC(C(C)C)C1CCSC1. The van der Waals surface area contributed by atoms with E-state index in [2.05, 4.69) is 38.0 Å². The second-order valence-electron chi connectivity index (χ2n) is 3.68. The van der Waals surface area contributed by atoms with Crippen LogP contribution in [0.5, 0.6) is 0 Å². The molecule has 2 atom stereocenters. The van der Waals surface area contributed by atoms with Gasteiger partial charge in [0.1, 0.15) is 0 Å². The van der Waals surface area contributed by atoms with Gasteiger partial charge >= 0.3 is 0 Å². The number of hydrogen-bond acceptors (Lipinski definition) is 2. The molecular formula is C9H19NS. The van der Waals surface area contributed by atoms with Crippen molar-refractivity contribution in [3.05, 3.63) is 0 Å². The van der Waals surface area contributed by atoms with Crippen LogP contribution in [0.3, 0.4) is 0 Å². The molecule has 0 saturated carbocycles. The Morgan fingerprint density at radius 2 is 2.18 bits per heavy atom. The summed E-state index contributed by atoms with van der Waals surface area (Å²) in [6, 6.07) is 0.741. The third kappa shape index (κ3) is 2.38. The Morgan fingerprint density at radius 3 is 2.55 bits per heavy atom. The molecule has 0 aliphatic carbocycles. The van der Waals surface area contributed by atoms with Crippen LogP contribution in [0.2, 0.25) is 0 Å². The molecule has 0 radical (unpaired) electrons.